The first kappa shape index (κ1) is 9.35. The Balaban J connectivity index is 2.66. The van der Waals surface area contributed by atoms with Crippen molar-refractivity contribution in [2.45, 2.75) is 18.6 Å². The minimum absolute atomic E-state index is 0.109. The number of hydrogen-bond acceptors (Lipinski definition) is 4. The van der Waals surface area contributed by atoms with Gasteiger partial charge in [0.2, 0.25) is 0 Å². The molecule has 0 bridgehead atoms. The van der Waals surface area contributed by atoms with Crippen molar-refractivity contribution in [3.8, 4) is 0 Å². The van der Waals surface area contributed by atoms with Gasteiger partial charge in [0.05, 0.1) is 12.7 Å². The number of methoxy groups -OCH3 is 1. The van der Waals surface area contributed by atoms with Gasteiger partial charge >= 0.3 is 0 Å². The maximum Gasteiger partial charge on any atom is 0.103 e. The molecule has 1 fully saturated rings. The lowest BCUT2D eigenvalue weighted by Gasteiger charge is -2.12. The van der Waals surface area contributed by atoms with Crippen LogP contribution in [0.25, 0.3) is 0 Å². The van der Waals surface area contributed by atoms with Crippen LogP contribution in [-0.2, 0) is 4.74 Å². The van der Waals surface area contributed by atoms with E-state index in [-0.39, 0.29) is 12.0 Å². The summed E-state index contributed by atoms with van der Waals surface area (Å²) in [5.74, 6) is -0.109. The predicted molar refractivity (Wildman–Crippen MR) is 44.7 cm³/mol. The summed E-state index contributed by atoms with van der Waals surface area (Å²) in [6.07, 6.45) is -0.205. The summed E-state index contributed by atoms with van der Waals surface area (Å²) in [6, 6.07) is -0.368. The van der Waals surface area contributed by atoms with Crippen molar-refractivity contribution in [3.63, 3.8) is 0 Å². The normalized spacial score (nSPS) is 35.5. The Hall–Kier alpha value is -0.740. The van der Waals surface area contributed by atoms with E-state index in [4.69, 9.17) is 4.74 Å². The van der Waals surface area contributed by atoms with E-state index in [0.29, 0.717) is 18.6 Å². The Morgan fingerprint density at radius 3 is 3.00 bits per heavy atom. The fourth-order valence-corrected chi connectivity index (χ4v) is 1.55. The van der Waals surface area contributed by atoms with Gasteiger partial charge in [-0.1, -0.05) is 11.8 Å². The molecule has 68 valence electrons. The third kappa shape index (κ3) is 1.54. The van der Waals surface area contributed by atoms with Gasteiger partial charge in [0.25, 0.3) is 0 Å². The molecule has 0 unspecified atom stereocenters. The number of ether oxygens (including phenoxy) is 1. The lowest BCUT2D eigenvalue weighted by molar-refractivity contribution is 0.160. The summed E-state index contributed by atoms with van der Waals surface area (Å²) in [4.78, 5) is 10.3. The second kappa shape index (κ2) is 3.78. The number of aliphatic hydroxyl groups is 1. The van der Waals surface area contributed by atoms with Crippen LogP contribution in [0.1, 0.15) is 6.42 Å². The van der Waals surface area contributed by atoms with E-state index < -0.39 is 6.10 Å². The molecule has 0 aromatic carbocycles. The van der Waals surface area contributed by atoms with E-state index in [9.17, 15) is 10.0 Å². The van der Waals surface area contributed by atoms with Crippen molar-refractivity contribution in [1.82, 2.24) is 0 Å². The number of nitroso groups, excluding NO2 is 1. The SMILES string of the molecule is C=C1[C@H](O)C[C@H](N=O)[C@H]1COC. The molecule has 1 saturated carbocycles. The maximum atomic E-state index is 10.3. The van der Waals surface area contributed by atoms with Crippen molar-refractivity contribution in [1.29, 1.82) is 0 Å². The Kier molecular flexibility index (Phi) is 2.94. The topological polar surface area (TPSA) is 58.9 Å². The molecule has 1 aliphatic carbocycles. The van der Waals surface area contributed by atoms with Gasteiger partial charge in [-0.2, -0.15) is 4.91 Å². The first-order valence-electron chi connectivity index (χ1n) is 3.88. The molecule has 3 atom stereocenters. The van der Waals surface area contributed by atoms with E-state index in [2.05, 4.69) is 11.8 Å². The van der Waals surface area contributed by atoms with Crippen LogP contribution in [-0.4, -0.2) is 31.0 Å². The molecule has 0 spiro atoms. The molecule has 1 N–H and O–H groups in total. The van der Waals surface area contributed by atoms with Gasteiger partial charge in [0.1, 0.15) is 6.04 Å². The summed E-state index contributed by atoms with van der Waals surface area (Å²) < 4.78 is 4.91. The van der Waals surface area contributed by atoms with Crippen molar-refractivity contribution in [3.05, 3.63) is 17.1 Å². The summed E-state index contributed by atoms with van der Waals surface area (Å²) in [6.45, 7) is 4.11. The molecule has 0 aromatic rings. The van der Waals surface area contributed by atoms with E-state index in [1.165, 1.54) is 0 Å². The number of nitrogens with zero attached hydrogens (tertiary/aromatic N) is 1. The van der Waals surface area contributed by atoms with Gasteiger partial charge in [0, 0.05) is 19.4 Å². The number of rotatable bonds is 3. The third-order valence-electron chi connectivity index (χ3n) is 2.32. The summed E-state index contributed by atoms with van der Waals surface area (Å²) in [5, 5.41) is 12.3. The molecule has 0 aliphatic heterocycles. The molecule has 0 aromatic heterocycles. The minimum Gasteiger partial charge on any atom is -0.389 e. The van der Waals surface area contributed by atoms with Gasteiger partial charge < -0.3 is 9.84 Å². The first-order chi connectivity index (χ1) is 5.70. The summed E-state index contributed by atoms with van der Waals surface area (Å²) >= 11 is 0. The molecule has 12 heavy (non-hydrogen) atoms. The van der Waals surface area contributed by atoms with Crippen LogP contribution in [0, 0.1) is 10.8 Å². The monoisotopic (exact) mass is 171 g/mol. The van der Waals surface area contributed by atoms with Gasteiger partial charge in [0.15, 0.2) is 0 Å². The molecular formula is C8H13NO3. The zero-order valence-electron chi connectivity index (χ0n) is 7.06. The van der Waals surface area contributed by atoms with Crippen LogP contribution in [0.15, 0.2) is 17.3 Å². The molecule has 4 heteroatoms. The Labute approximate surface area is 71.2 Å². The van der Waals surface area contributed by atoms with Crippen LogP contribution in [0.4, 0.5) is 0 Å². The molecule has 0 saturated heterocycles. The van der Waals surface area contributed by atoms with Crippen LogP contribution >= 0.6 is 0 Å². The highest BCUT2D eigenvalue weighted by atomic mass is 16.5. The fourth-order valence-electron chi connectivity index (χ4n) is 1.55. The Morgan fingerprint density at radius 1 is 1.83 bits per heavy atom. The molecule has 1 aliphatic rings. The second-order valence-electron chi connectivity index (χ2n) is 3.06. The maximum absolute atomic E-state index is 10.3. The van der Waals surface area contributed by atoms with Crippen molar-refractivity contribution >= 4 is 0 Å². The van der Waals surface area contributed by atoms with Crippen LogP contribution < -0.4 is 0 Å². The average Bonchev–Trinajstić information content (AvgIpc) is 2.33. The first-order valence-corrected chi connectivity index (χ1v) is 3.88. The molecule has 0 heterocycles. The zero-order valence-corrected chi connectivity index (χ0v) is 7.06. The highest BCUT2D eigenvalue weighted by molar-refractivity contribution is 5.17. The van der Waals surface area contributed by atoms with E-state index in [1.807, 2.05) is 0 Å². The quantitative estimate of drug-likeness (QED) is 0.502. The largest absolute Gasteiger partial charge is 0.389 e. The number of aliphatic hydroxyl groups excluding tert-OH is 1. The summed E-state index contributed by atoms with van der Waals surface area (Å²) in [7, 11) is 1.56. The second-order valence-corrected chi connectivity index (χ2v) is 3.06. The molecule has 4 nitrogen and oxygen atoms in total. The van der Waals surface area contributed by atoms with Crippen LogP contribution in [0.3, 0.4) is 0 Å². The van der Waals surface area contributed by atoms with Crippen LogP contribution in [0.2, 0.25) is 0 Å². The van der Waals surface area contributed by atoms with Gasteiger partial charge in [-0.15, -0.1) is 0 Å². The van der Waals surface area contributed by atoms with Gasteiger partial charge in [-0.05, 0) is 5.57 Å². The fraction of sp³-hybridized carbons (Fsp3) is 0.750. The van der Waals surface area contributed by atoms with Crippen molar-refractivity contribution in [2.24, 2.45) is 11.1 Å². The smallest absolute Gasteiger partial charge is 0.103 e. The highest BCUT2D eigenvalue weighted by Crippen LogP contribution is 2.32. The standard InChI is InChI=1S/C8H13NO3/c1-5-6(4-12-2)7(9-11)3-8(5)10/h6-8,10H,1,3-4H2,2H3/t6-,7-,8+/m0/s1. The number of hydrogen-bond donors (Lipinski definition) is 1. The van der Waals surface area contributed by atoms with Crippen molar-refractivity contribution < 1.29 is 9.84 Å². The molecule has 0 radical (unpaired) electrons. The lowest BCUT2D eigenvalue weighted by atomic mass is 10.0. The highest BCUT2D eigenvalue weighted by Gasteiger charge is 2.37. The molecule has 0 amide bonds. The zero-order chi connectivity index (χ0) is 9.14. The predicted octanol–water partition coefficient (Wildman–Crippen LogP) is 0.705. The lowest BCUT2D eigenvalue weighted by Crippen LogP contribution is -2.17. The van der Waals surface area contributed by atoms with Crippen LogP contribution in [0.5, 0.6) is 0 Å². The van der Waals surface area contributed by atoms with E-state index >= 15 is 0 Å². The summed E-state index contributed by atoms with van der Waals surface area (Å²) in [5.41, 5.74) is 0.668. The third-order valence-corrected chi connectivity index (χ3v) is 2.32. The Bertz CT molecular complexity index is 193. The van der Waals surface area contributed by atoms with Gasteiger partial charge in [-0.25, -0.2) is 0 Å². The van der Waals surface area contributed by atoms with Crippen molar-refractivity contribution in [2.75, 3.05) is 13.7 Å². The molecular weight excluding hydrogens is 158 g/mol. The van der Waals surface area contributed by atoms with Gasteiger partial charge in [-0.3, -0.25) is 0 Å². The van der Waals surface area contributed by atoms with E-state index in [0.717, 1.165) is 0 Å². The van der Waals surface area contributed by atoms with E-state index in [1.54, 1.807) is 7.11 Å². The Morgan fingerprint density at radius 2 is 2.50 bits per heavy atom. The minimum atomic E-state index is -0.590. The molecule has 1 rings (SSSR count). The average molecular weight is 171 g/mol.